The predicted octanol–water partition coefficient (Wildman–Crippen LogP) is 9.51. The lowest BCUT2D eigenvalue weighted by molar-refractivity contribution is -0.143. The summed E-state index contributed by atoms with van der Waals surface area (Å²) in [5.41, 5.74) is 3.83. The summed E-state index contributed by atoms with van der Waals surface area (Å²) in [5, 5.41) is 15.5. The monoisotopic (exact) mass is 854 g/mol. The van der Waals surface area contributed by atoms with Gasteiger partial charge in [0, 0.05) is 47.0 Å². The summed E-state index contributed by atoms with van der Waals surface area (Å²) in [6.45, 7) is 7.36. The normalized spacial score (nSPS) is 12.4. The van der Waals surface area contributed by atoms with E-state index in [2.05, 4.69) is 15.2 Å². The molecule has 5 aromatic rings. The van der Waals surface area contributed by atoms with Gasteiger partial charge in [-0.2, -0.15) is 36.5 Å². The average molecular weight is 855 g/mol. The molecular formula is C41H43F9N6O4. The Morgan fingerprint density at radius 3 is 1.92 bits per heavy atom. The molecule has 0 bridgehead atoms. The number of aromatic nitrogens is 5. The van der Waals surface area contributed by atoms with Crippen molar-refractivity contribution in [2.24, 2.45) is 5.73 Å². The summed E-state index contributed by atoms with van der Waals surface area (Å²) in [5.74, 6) is -6.43. The Morgan fingerprint density at radius 1 is 0.800 bits per heavy atom. The van der Waals surface area contributed by atoms with Crippen molar-refractivity contribution in [3.8, 4) is 11.1 Å². The van der Waals surface area contributed by atoms with E-state index < -0.39 is 83.3 Å². The molecule has 0 saturated carbocycles. The number of primary amides is 1. The van der Waals surface area contributed by atoms with Gasteiger partial charge in [0.2, 0.25) is 0 Å². The molecule has 0 unspecified atom stereocenters. The van der Waals surface area contributed by atoms with Gasteiger partial charge in [-0.1, -0.05) is 54.2 Å². The fraction of sp³-hybridized carbons (Fsp3) is 0.366. The Bertz CT molecular complexity index is 2310. The standard InChI is InChI=1S/C30H26F6N4O2.C10H13F3N2O2.CH4/c1-16(2)26-14-27(30(34,35)36)39-40(26)15-22(41)11-19(8-17-9-20(31)13-21(32)10-17)28-23(4-3-7-38-28)18-5-6-25(33)24(12-18)29(37)42;1-9(2,3)7-4-6(10(11,12)13)14-15(7)5-8(16)17;/h3-7,9-10,12-14,16,19H,8,11,15H2,1-2H3,(H2,37,42);4H,5H2,1-3H3,(H,16,17);1H4/t19-;;/m1../s1. The van der Waals surface area contributed by atoms with Crippen molar-refractivity contribution < 1.29 is 59.0 Å². The molecule has 1 atom stereocenters. The van der Waals surface area contributed by atoms with Crippen molar-refractivity contribution in [1.82, 2.24) is 24.5 Å². The van der Waals surface area contributed by atoms with Gasteiger partial charge < -0.3 is 10.8 Å². The molecule has 324 valence electrons. The van der Waals surface area contributed by atoms with Crippen LogP contribution in [0.1, 0.15) is 105 Å². The SMILES string of the molecule is C.CC(C)(C)c1cc(C(F)(F)F)nn1CC(=O)O.CC(C)c1cc(C(F)(F)F)nn1CC(=O)C[C@@H](Cc1cc(F)cc(F)c1)c1ncccc1-c1ccc(F)c(C(N)=O)c1. The largest absolute Gasteiger partial charge is 0.480 e. The molecule has 0 saturated heterocycles. The average Bonchev–Trinajstić information content (AvgIpc) is 3.73. The molecular weight excluding hydrogens is 811 g/mol. The van der Waals surface area contributed by atoms with Gasteiger partial charge in [0.15, 0.2) is 17.2 Å². The lowest BCUT2D eigenvalue weighted by Crippen LogP contribution is -2.21. The summed E-state index contributed by atoms with van der Waals surface area (Å²) in [6.07, 6.45) is -8.20. The van der Waals surface area contributed by atoms with Gasteiger partial charge in [0.05, 0.1) is 17.8 Å². The van der Waals surface area contributed by atoms with Crippen molar-refractivity contribution in [3.63, 3.8) is 0 Å². The number of carboxylic acids is 1. The molecule has 10 nitrogen and oxygen atoms in total. The van der Waals surface area contributed by atoms with E-state index in [1.54, 1.807) is 46.8 Å². The molecule has 0 fully saturated rings. The first-order valence-corrected chi connectivity index (χ1v) is 17.8. The van der Waals surface area contributed by atoms with E-state index in [4.69, 9.17) is 10.8 Å². The number of hydrogen-bond acceptors (Lipinski definition) is 6. The van der Waals surface area contributed by atoms with Gasteiger partial charge in [-0.3, -0.25) is 28.7 Å². The van der Waals surface area contributed by atoms with E-state index in [-0.39, 0.29) is 54.4 Å². The molecule has 0 spiro atoms. The highest BCUT2D eigenvalue weighted by Gasteiger charge is 2.37. The van der Waals surface area contributed by atoms with E-state index in [0.29, 0.717) is 17.2 Å². The Morgan fingerprint density at radius 2 is 1.38 bits per heavy atom. The summed E-state index contributed by atoms with van der Waals surface area (Å²) in [4.78, 5) is 40.1. The maximum Gasteiger partial charge on any atom is 0.435 e. The Balaban J connectivity index is 0.000000449. The van der Waals surface area contributed by atoms with Crippen LogP contribution in [0.25, 0.3) is 11.1 Å². The second kappa shape index (κ2) is 18.9. The number of carbonyl (C=O) groups is 3. The number of alkyl halides is 6. The number of hydrogen-bond donors (Lipinski definition) is 2. The predicted molar refractivity (Wildman–Crippen MR) is 202 cm³/mol. The van der Waals surface area contributed by atoms with Gasteiger partial charge in [-0.25, -0.2) is 13.2 Å². The molecule has 3 heterocycles. The van der Waals surface area contributed by atoms with Crippen LogP contribution in [-0.4, -0.2) is 47.3 Å². The number of Topliss-reactive ketones (excluding diaryl/α,β-unsaturated/α-hetero) is 1. The molecule has 0 aliphatic heterocycles. The van der Waals surface area contributed by atoms with Gasteiger partial charge in [-0.05, 0) is 65.9 Å². The van der Waals surface area contributed by atoms with Crippen molar-refractivity contribution in [3.05, 3.63) is 124 Å². The molecule has 19 heteroatoms. The number of benzene rings is 2. The molecule has 0 aliphatic carbocycles. The van der Waals surface area contributed by atoms with Crippen LogP contribution in [0.3, 0.4) is 0 Å². The van der Waals surface area contributed by atoms with Crippen LogP contribution < -0.4 is 5.73 Å². The number of halogens is 9. The minimum atomic E-state index is -4.70. The van der Waals surface area contributed by atoms with E-state index in [1.807, 2.05) is 0 Å². The fourth-order valence-corrected chi connectivity index (χ4v) is 6.22. The van der Waals surface area contributed by atoms with Gasteiger partial charge >= 0.3 is 18.3 Å². The number of nitrogens with zero attached hydrogens (tertiary/aromatic N) is 5. The second-order valence-electron chi connectivity index (χ2n) is 14.9. The number of carbonyl (C=O) groups excluding carboxylic acids is 2. The van der Waals surface area contributed by atoms with Gasteiger partial charge in [0.1, 0.15) is 24.0 Å². The first-order valence-electron chi connectivity index (χ1n) is 17.8. The third-order valence-corrected chi connectivity index (χ3v) is 8.79. The third kappa shape index (κ3) is 12.5. The number of aliphatic carboxylic acids is 1. The van der Waals surface area contributed by atoms with E-state index >= 15 is 0 Å². The maximum absolute atomic E-state index is 14.2. The Kier molecular flexibility index (Phi) is 15.3. The zero-order chi connectivity index (χ0) is 44.2. The summed E-state index contributed by atoms with van der Waals surface area (Å²) < 4.78 is 122. The fourth-order valence-electron chi connectivity index (χ4n) is 6.22. The molecule has 3 N–H and O–H groups in total. The van der Waals surface area contributed by atoms with Crippen LogP contribution in [0.2, 0.25) is 0 Å². The zero-order valence-corrected chi connectivity index (χ0v) is 32.2. The summed E-state index contributed by atoms with van der Waals surface area (Å²) >= 11 is 0. The van der Waals surface area contributed by atoms with Crippen molar-refractivity contribution in [2.45, 2.75) is 97.6 Å². The highest BCUT2D eigenvalue weighted by atomic mass is 19.4. The van der Waals surface area contributed by atoms with Crippen LogP contribution in [-0.2, 0) is 46.9 Å². The van der Waals surface area contributed by atoms with E-state index in [0.717, 1.165) is 39.7 Å². The second-order valence-corrected chi connectivity index (χ2v) is 14.9. The number of rotatable bonds is 12. The number of carboxylic acid groups (broad SMARTS) is 1. The molecule has 2 aromatic carbocycles. The highest BCUT2D eigenvalue weighted by molar-refractivity contribution is 5.94. The number of amides is 1. The molecule has 3 aromatic heterocycles. The molecule has 0 aliphatic rings. The van der Waals surface area contributed by atoms with E-state index in [1.165, 1.54) is 18.3 Å². The van der Waals surface area contributed by atoms with Crippen LogP contribution in [0.5, 0.6) is 0 Å². The quantitative estimate of drug-likeness (QED) is 0.119. The number of pyridine rings is 1. The first kappa shape index (κ1) is 48.4. The molecule has 0 radical (unpaired) electrons. The Labute approximate surface area is 339 Å². The first-order chi connectivity index (χ1) is 27.2. The minimum Gasteiger partial charge on any atom is -0.480 e. The molecule has 5 rings (SSSR count). The number of nitrogens with two attached hydrogens (primary N) is 1. The maximum atomic E-state index is 14.2. The lowest BCUT2D eigenvalue weighted by Gasteiger charge is -2.20. The van der Waals surface area contributed by atoms with Crippen LogP contribution in [0, 0.1) is 17.5 Å². The summed E-state index contributed by atoms with van der Waals surface area (Å²) in [6, 6.07) is 11.6. The van der Waals surface area contributed by atoms with Crippen LogP contribution in [0.4, 0.5) is 39.5 Å². The van der Waals surface area contributed by atoms with Crippen LogP contribution in [0.15, 0.2) is 66.9 Å². The third-order valence-electron chi connectivity index (χ3n) is 8.79. The highest BCUT2D eigenvalue weighted by Crippen LogP contribution is 2.35. The van der Waals surface area contributed by atoms with Gasteiger partial charge in [0.25, 0.3) is 5.91 Å². The Hall–Kier alpha value is -6.01. The van der Waals surface area contributed by atoms with E-state index in [9.17, 15) is 53.9 Å². The zero-order valence-electron chi connectivity index (χ0n) is 32.2. The smallest absolute Gasteiger partial charge is 0.435 e. The molecule has 60 heavy (non-hydrogen) atoms. The van der Waals surface area contributed by atoms with Crippen molar-refractivity contribution >= 4 is 17.7 Å². The lowest BCUT2D eigenvalue weighted by atomic mass is 9.86. The van der Waals surface area contributed by atoms with Crippen molar-refractivity contribution in [1.29, 1.82) is 0 Å². The minimum absolute atomic E-state index is 0. The van der Waals surface area contributed by atoms with Crippen LogP contribution >= 0.6 is 0 Å². The molecule has 1 amide bonds. The number of ketones is 1. The van der Waals surface area contributed by atoms with Gasteiger partial charge in [-0.15, -0.1) is 0 Å². The summed E-state index contributed by atoms with van der Waals surface area (Å²) in [7, 11) is 0. The van der Waals surface area contributed by atoms with Crippen molar-refractivity contribution in [2.75, 3.05) is 0 Å². The topological polar surface area (TPSA) is 146 Å².